The number of halogens is 4. The summed E-state index contributed by atoms with van der Waals surface area (Å²) in [5.41, 5.74) is 0. The number of carbonyl (C=O) groups excluding carboxylic acids is 1. The second-order valence-electron chi connectivity index (χ2n) is 1.81. The quantitative estimate of drug-likeness (QED) is 0.389. The van der Waals surface area contributed by atoms with E-state index in [0.29, 0.717) is 11.1 Å². The van der Waals surface area contributed by atoms with Crippen LogP contribution in [0.1, 0.15) is 0 Å². The van der Waals surface area contributed by atoms with Crippen molar-refractivity contribution in [3.05, 3.63) is 9.47 Å². The Kier molecular flexibility index (Phi) is 8.23. The van der Waals surface area contributed by atoms with Gasteiger partial charge in [-0.2, -0.15) is 0 Å². The average molecular weight is 430 g/mol. The fourth-order valence-electron chi connectivity index (χ4n) is 0.324. The smallest absolute Gasteiger partial charge is 0.345 e. The molecule has 0 saturated heterocycles. The molecule has 0 aliphatic carbocycles. The topological polar surface area (TPSA) is 26.3 Å². The van der Waals surface area contributed by atoms with Crippen LogP contribution in [0.5, 0.6) is 0 Å². The van der Waals surface area contributed by atoms with Crippen LogP contribution >= 0.6 is 63.7 Å². The summed E-state index contributed by atoms with van der Waals surface area (Å²) in [5.74, 6) is -0.378. The van der Waals surface area contributed by atoms with E-state index in [9.17, 15) is 4.79 Å². The molecule has 12 heavy (non-hydrogen) atoms. The van der Waals surface area contributed by atoms with E-state index < -0.39 is 0 Å². The first-order valence-corrected chi connectivity index (χ1v) is 6.69. The van der Waals surface area contributed by atoms with Crippen LogP contribution in [0.4, 0.5) is 0 Å². The van der Waals surface area contributed by atoms with Gasteiger partial charge in [-0.25, -0.2) is 4.79 Å². The molecule has 0 saturated carbocycles. The van der Waals surface area contributed by atoms with Crippen LogP contribution in [-0.2, 0) is 9.53 Å². The second-order valence-corrected chi connectivity index (χ2v) is 5.06. The Morgan fingerprint density at radius 3 is 2.58 bits per heavy atom. The number of ether oxygens (including phenoxy) is 1. The van der Waals surface area contributed by atoms with Crippen LogP contribution in [-0.4, -0.2) is 22.7 Å². The van der Waals surface area contributed by atoms with Gasteiger partial charge >= 0.3 is 5.97 Å². The van der Waals surface area contributed by atoms with Crippen molar-refractivity contribution in [3.8, 4) is 0 Å². The van der Waals surface area contributed by atoms with E-state index in [0.717, 1.165) is 5.33 Å². The number of hydrogen-bond acceptors (Lipinski definition) is 2. The molecule has 0 aliphatic heterocycles. The van der Waals surface area contributed by atoms with Crippen molar-refractivity contribution in [1.82, 2.24) is 0 Å². The minimum absolute atomic E-state index is 0.150. The van der Waals surface area contributed by atoms with Crippen molar-refractivity contribution in [1.29, 1.82) is 0 Å². The fourth-order valence-corrected chi connectivity index (χ4v) is 0.945. The Bertz CT molecular complexity index is 180. The molecule has 0 aromatic heterocycles. The Morgan fingerprint density at radius 1 is 1.58 bits per heavy atom. The molecular weight excluding hydrogens is 424 g/mol. The van der Waals surface area contributed by atoms with Gasteiger partial charge in [-0.3, -0.25) is 0 Å². The van der Waals surface area contributed by atoms with E-state index in [1.165, 1.54) is 4.99 Å². The van der Waals surface area contributed by atoms with E-state index in [2.05, 4.69) is 63.7 Å². The number of rotatable bonds is 4. The van der Waals surface area contributed by atoms with Crippen LogP contribution < -0.4 is 0 Å². The molecular formula is C6H6Br4O2. The van der Waals surface area contributed by atoms with Crippen molar-refractivity contribution >= 4 is 69.7 Å². The van der Waals surface area contributed by atoms with Gasteiger partial charge in [0.2, 0.25) is 0 Å². The maximum absolute atomic E-state index is 11.0. The normalized spacial score (nSPS) is 14.2. The molecule has 0 rings (SSSR count). The molecule has 0 spiro atoms. The number of hydrogen-bond donors (Lipinski definition) is 0. The lowest BCUT2D eigenvalue weighted by Gasteiger charge is -2.06. The molecule has 0 N–H and O–H groups in total. The third-order valence-electron chi connectivity index (χ3n) is 0.853. The third kappa shape index (κ3) is 5.72. The Balaban J connectivity index is 3.72. The standard InChI is InChI=1S/C6H6Br4O2/c7-1-4(9)3-12-6(11)5(10)2-8/h2,4H,1,3H2/b5-2-. The van der Waals surface area contributed by atoms with E-state index >= 15 is 0 Å². The van der Waals surface area contributed by atoms with E-state index in [-0.39, 0.29) is 10.8 Å². The Labute approximate surface area is 105 Å². The molecule has 6 heteroatoms. The summed E-state index contributed by atoms with van der Waals surface area (Å²) in [6.45, 7) is 0.347. The van der Waals surface area contributed by atoms with Gasteiger partial charge in [0.25, 0.3) is 0 Å². The van der Waals surface area contributed by atoms with Gasteiger partial charge < -0.3 is 4.74 Å². The van der Waals surface area contributed by atoms with Crippen LogP contribution in [0.2, 0.25) is 0 Å². The molecule has 70 valence electrons. The Morgan fingerprint density at radius 2 is 2.17 bits per heavy atom. The van der Waals surface area contributed by atoms with Gasteiger partial charge in [0.1, 0.15) is 11.1 Å². The van der Waals surface area contributed by atoms with Gasteiger partial charge in [0.05, 0.1) is 4.83 Å². The summed E-state index contributed by atoms with van der Waals surface area (Å²) < 4.78 is 5.26. The highest BCUT2D eigenvalue weighted by Gasteiger charge is 2.09. The molecule has 0 radical (unpaired) electrons. The van der Waals surface area contributed by atoms with Crippen LogP contribution in [0.3, 0.4) is 0 Å². The highest BCUT2D eigenvalue weighted by Crippen LogP contribution is 2.11. The van der Waals surface area contributed by atoms with Gasteiger partial charge in [0.15, 0.2) is 0 Å². The van der Waals surface area contributed by atoms with Gasteiger partial charge in [-0.15, -0.1) is 0 Å². The summed E-state index contributed by atoms with van der Waals surface area (Å²) in [4.78, 5) is 12.6. The lowest BCUT2D eigenvalue weighted by molar-refractivity contribution is -0.137. The maximum Gasteiger partial charge on any atom is 0.345 e. The summed E-state index contributed by atoms with van der Waals surface area (Å²) >= 11 is 12.6. The SMILES string of the molecule is O=C(OCC(Br)CBr)/C(Br)=C/Br. The third-order valence-corrected chi connectivity index (χ3v) is 4.72. The first kappa shape index (κ1) is 13.1. The molecule has 0 aromatic carbocycles. The molecule has 0 amide bonds. The largest absolute Gasteiger partial charge is 0.460 e. The molecule has 0 fully saturated rings. The lowest BCUT2D eigenvalue weighted by Crippen LogP contribution is -2.14. The van der Waals surface area contributed by atoms with Crippen molar-refractivity contribution in [3.63, 3.8) is 0 Å². The fraction of sp³-hybridized carbons (Fsp3) is 0.500. The zero-order valence-corrected chi connectivity index (χ0v) is 12.2. The van der Waals surface area contributed by atoms with Gasteiger partial charge in [0, 0.05) is 10.3 Å². The van der Waals surface area contributed by atoms with Gasteiger partial charge in [-0.1, -0.05) is 47.8 Å². The summed E-state index contributed by atoms with van der Waals surface area (Å²) in [5, 5.41) is 0.746. The molecule has 1 unspecified atom stereocenters. The number of alkyl halides is 2. The highest BCUT2D eigenvalue weighted by atomic mass is 79.9. The van der Waals surface area contributed by atoms with Crippen molar-refractivity contribution in [2.75, 3.05) is 11.9 Å². The van der Waals surface area contributed by atoms with Crippen LogP contribution in [0, 0.1) is 0 Å². The summed E-state index contributed by atoms with van der Waals surface area (Å²) in [7, 11) is 0. The predicted octanol–water partition coefficient (Wildman–Crippen LogP) is 3.32. The molecule has 0 heterocycles. The monoisotopic (exact) mass is 426 g/mol. The first-order chi connectivity index (χ1) is 5.61. The first-order valence-electron chi connectivity index (χ1n) is 2.94. The van der Waals surface area contributed by atoms with Crippen LogP contribution in [0.25, 0.3) is 0 Å². The molecule has 0 bridgehead atoms. The van der Waals surface area contributed by atoms with Crippen LogP contribution in [0.15, 0.2) is 9.47 Å². The zero-order chi connectivity index (χ0) is 9.56. The molecule has 1 atom stereocenters. The maximum atomic E-state index is 11.0. The predicted molar refractivity (Wildman–Crippen MR) is 63.4 cm³/mol. The Hall–Kier alpha value is 1.13. The minimum Gasteiger partial charge on any atom is -0.460 e. The van der Waals surface area contributed by atoms with Crippen molar-refractivity contribution < 1.29 is 9.53 Å². The van der Waals surface area contributed by atoms with E-state index in [4.69, 9.17) is 4.74 Å². The summed E-state index contributed by atoms with van der Waals surface area (Å²) in [6.07, 6.45) is 0. The minimum atomic E-state index is -0.378. The van der Waals surface area contributed by atoms with E-state index in [1.807, 2.05) is 0 Å². The average Bonchev–Trinajstić information content (AvgIpc) is 2.11. The second kappa shape index (κ2) is 7.53. The zero-order valence-electron chi connectivity index (χ0n) is 5.90. The lowest BCUT2D eigenvalue weighted by atomic mass is 10.5. The highest BCUT2D eigenvalue weighted by molar-refractivity contribution is 9.14. The van der Waals surface area contributed by atoms with E-state index in [1.54, 1.807) is 0 Å². The molecule has 0 aliphatic rings. The van der Waals surface area contributed by atoms with Gasteiger partial charge in [-0.05, 0) is 15.9 Å². The van der Waals surface area contributed by atoms with Crippen molar-refractivity contribution in [2.45, 2.75) is 4.83 Å². The summed E-state index contributed by atoms with van der Waals surface area (Å²) in [6, 6.07) is 0. The molecule has 0 aromatic rings. The number of carbonyl (C=O) groups is 1. The molecule has 2 nitrogen and oxygen atoms in total. The number of esters is 1. The van der Waals surface area contributed by atoms with Crippen molar-refractivity contribution in [2.24, 2.45) is 0 Å².